The van der Waals surface area contributed by atoms with Crippen LogP contribution in [0.4, 0.5) is 5.69 Å². The first-order chi connectivity index (χ1) is 7.18. The summed E-state index contributed by atoms with van der Waals surface area (Å²) in [5.74, 6) is 0.0555. The quantitative estimate of drug-likeness (QED) is 0.852. The zero-order valence-electron chi connectivity index (χ0n) is 9.49. The third-order valence-corrected chi connectivity index (χ3v) is 3.62. The Morgan fingerprint density at radius 3 is 2.56 bits per heavy atom. The van der Waals surface area contributed by atoms with Crippen molar-refractivity contribution in [3.8, 4) is 0 Å². The van der Waals surface area contributed by atoms with Crippen molar-refractivity contribution in [1.29, 1.82) is 0 Å². The average Bonchev–Trinajstić information content (AvgIpc) is 1.96. The molecule has 0 fully saturated rings. The van der Waals surface area contributed by atoms with Crippen molar-refractivity contribution in [2.24, 2.45) is 5.41 Å². The summed E-state index contributed by atoms with van der Waals surface area (Å²) in [6, 6.07) is 3.04. The van der Waals surface area contributed by atoms with Gasteiger partial charge in [-0.05, 0) is 17.5 Å². The minimum absolute atomic E-state index is 0.0555. The van der Waals surface area contributed by atoms with Gasteiger partial charge in [0.1, 0.15) is 5.15 Å². The zero-order valence-corrected chi connectivity index (χ0v) is 11.1. The molecule has 0 aliphatic carbocycles. The highest BCUT2D eigenvalue weighted by Gasteiger charge is 2.21. The van der Waals surface area contributed by atoms with E-state index in [1.807, 2.05) is 20.8 Å². The van der Waals surface area contributed by atoms with Gasteiger partial charge in [-0.1, -0.05) is 32.4 Å². The molecular weight excluding hydrogens is 248 g/mol. The molecule has 0 unspecified atom stereocenters. The molecule has 4 nitrogen and oxygen atoms in total. The van der Waals surface area contributed by atoms with Crippen molar-refractivity contribution in [2.45, 2.75) is 20.8 Å². The Hall–Kier alpha value is -0.810. The van der Waals surface area contributed by atoms with Gasteiger partial charge in [-0.25, -0.2) is 13.4 Å². The third kappa shape index (κ3) is 4.81. The van der Waals surface area contributed by atoms with E-state index in [2.05, 4.69) is 9.71 Å². The molecule has 0 aliphatic heterocycles. The molecule has 0 amide bonds. The number of hydrogen-bond acceptors (Lipinski definition) is 3. The highest BCUT2D eigenvalue weighted by molar-refractivity contribution is 7.92. The number of anilines is 1. The fourth-order valence-electron chi connectivity index (χ4n) is 1.25. The second-order valence-electron chi connectivity index (χ2n) is 4.79. The van der Waals surface area contributed by atoms with Gasteiger partial charge in [0, 0.05) is 6.20 Å². The van der Waals surface area contributed by atoms with E-state index in [-0.39, 0.29) is 16.3 Å². The fourth-order valence-corrected chi connectivity index (χ4v) is 3.12. The van der Waals surface area contributed by atoms with E-state index in [1.54, 1.807) is 6.07 Å². The molecule has 0 saturated carbocycles. The van der Waals surface area contributed by atoms with Crippen LogP contribution in [0.5, 0.6) is 0 Å². The summed E-state index contributed by atoms with van der Waals surface area (Å²) in [7, 11) is -3.35. The van der Waals surface area contributed by atoms with Gasteiger partial charge in [0.05, 0.1) is 11.4 Å². The summed E-state index contributed by atoms with van der Waals surface area (Å²) < 4.78 is 26.0. The van der Waals surface area contributed by atoms with Crippen LogP contribution < -0.4 is 4.72 Å². The normalized spacial score (nSPS) is 12.5. The van der Waals surface area contributed by atoms with Crippen LogP contribution in [0.15, 0.2) is 18.3 Å². The molecule has 0 saturated heterocycles. The molecule has 1 aromatic rings. The number of aromatic nitrogens is 1. The number of nitrogens with zero attached hydrogens (tertiary/aromatic N) is 1. The van der Waals surface area contributed by atoms with Gasteiger partial charge < -0.3 is 0 Å². The van der Waals surface area contributed by atoms with E-state index in [0.29, 0.717) is 5.69 Å². The van der Waals surface area contributed by atoms with E-state index in [4.69, 9.17) is 11.6 Å². The van der Waals surface area contributed by atoms with E-state index in [1.165, 1.54) is 12.3 Å². The van der Waals surface area contributed by atoms with Crippen molar-refractivity contribution >= 4 is 27.3 Å². The number of sulfonamides is 1. The topological polar surface area (TPSA) is 59.1 Å². The van der Waals surface area contributed by atoms with Crippen molar-refractivity contribution < 1.29 is 8.42 Å². The lowest BCUT2D eigenvalue weighted by Gasteiger charge is -2.18. The van der Waals surface area contributed by atoms with E-state index in [9.17, 15) is 8.42 Å². The number of halogens is 1. The maximum Gasteiger partial charge on any atom is 0.233 e. The van der Waals surface area contributed by atoms with Crippen molar-refractivity contribution in [2.75, 3.05) is 10.5 Å². The minimum atomic E-state index is -3.35. The molecule has 0 spiro atoms. The monoisotopic (exact) mass is 262 g/mol. The molecule has 1 rings (SSSR count). The van der Waals surface area contributed by atoms with Crippen LogP contribution in [0.3, 0.4) is 0 Å². The van der Waals surface area contributed by atoms with Gasteiger partial charge in [0.15, 0.2) is 0 Å². The maximum atomic E-state index is 11.8. The number of rotatable bonds is 3. The van der Waals surface area contributed by atoms with Crippen LogP contribution in [-0.2, 0) is 10.0 Å². The Balaban J connectivity index is 2.81. The molecule has 16 heavy (non-hydrogen) atoms. The lowest BCUT2D eigenvalue weighted by Crippen LogP contribution is -2.26. The van der Waals surface area contributed by atoms with Crippen LogP contribution >= 0.6 is 11.6 Å². The number of pyridine rings is 1. The van der Waals surface area contributed by atoms with E-state index >= 15 is 0 Å². The molecule has 0 atom stereocenters. The molecule has 0 radical (unpaired) electrons. The van der Waals surface area contributed by atoms with Crippen LogP contribution in [0.1, 0.15) is 20.8 Å². The number of hydrogen-bond donors (Lipinski definition) is 1. The predicted octanol–water partition coefficient (Wildman–Crippen LogP) is 2.52. The second kappa shape index (κ2) is 4.59. The first kappa shape index (κ1) is 13.3. The van der Waals surface area contributed by atoms with Crippen molar-refractivity contribution in [3.63, 3.8) is 0 Å². The maximum absolute atomic E-state index is 11.8. The Labute approximate surface area is 101 Å². The van der Waals surface area contributed by atoms with Gasteiger partial charge in [-0.2, -0.15) is 0 Å². The SMILES string of the molecule is CC(C)(C)CS(=O)(=O)Nc1ccnc(Cl)c1. The first-order valence-electron chi connectivity index (χ1n) is 4.80. The first-order valence-corrected chi connectivity index (χ1v) is 6.83. The lowest BCUT2D eigenvalue weighted by atomic mass is 10.0. The highest BCUT2D eigenvalue weighted by Crippen LogP contribution is 2.19. The lowest BCUT2D eigenvalue weighted by molar-refractivity contribution is 0.463. The molecule has 0 aliphatic rings. The van der Waals surface area contributed by atoms with Gasteiger partial charge in [0.2, 0.25) is 10.0 Å². The Morgan fingerprint density at radius 2 is 2.06 bits per heavy atom. The van der Waals surface area contributed by atoms with Gasteiger partial charge >= 0.3 is 0 Å². The summed E-state index contributed by atoms with van der Waals surface area (Å²) in [4.78, 5) is 3.78. The van der Waals surface area contributed by atoms with Gasteiger partial charge in [0.25, 0.3) is 0 Å². The second-order valence-corrected chi connectivity index (χ2v) is 6.90. The van der Waals surface area contributed by atoms with Crippen LogP contribution in [0.25, 0.3) is 0 Å². The minimum Gasteiger partial charge on any atom is -0.283 e. The molecule has 1 N–H and O–H groups in total. The summed E-state index contributed by atoms with van der Waals surface area (Å²) in [5.41, 5.74) is 0.145. The third-order valence-electron chi connectivity index (χ3n) is 1.62. The largest absolute Gasteiger partial charge is 0.283 e. The number of nitrogens with one attached hydrogen (secondary N) is 1. The highest BCUT2D eigenvalue weighted by atomic mass is 35.5. The molecule has 0 bridgehead atoms. The van der Waals surface area contributed by atoms with Crippen LogP contribution in [0.2, 0.25) is 5.15 Å². The zero-order chi connectivity index (χ0) is 12.4. The summed E-state index contributed by atoms with van der Waals surface area (Å²) in [5, 5.41) is 0.260. The molecule has 90 valence electrons. The fraction of sp³-hybridized carbons (Fsp3) is 0.500. The smallest absolute Gasteiger partial charge is 0.233 e. The Kier molecular flexibility index (Phi) is 3.80. The van der Waals surface area contributed by atoms with E-state index in [0.717, 1.165) is 0 Å². The van der Waals surface area contributed by atoms with Crippen molar-refractivity contribution in [1.82, 2.24) is 4.98 Å². The molecule has 0 aromatic carbocycles. The molecule has 1 heterocycles. The van der Waals surface area contributed by atoms with Gasteiger partial charge in [-0.15, -0.1) is 0 Å². The molecular formula is C10H15ClN2O2S. The Bertz CT molecular complexity index is 466. The van der Waals surface area contributed by atoms with Gasteiger partial charge in [-0.3, -0.25) is 4.72 Å². The van der Waals surface area contributed by atoms with Crippen molar-refractivity contribution in [3.05, 3.63) is 23.5 Å². The predicted molar refractivity (Wildman–Crippen MR) is 66.1 cm³/mol. The Morgan fingerprint density at radius 1 is 1.44 bits per heavy atom. The van der Waals surface area contributed by atoms with E-state index < -0.39 is 10.0 Å². The standard InChI is InChI=1S/C10H15ClN2O2S/c1-10(2,3)7-16(14,15)13-8-4-5-12-9(11)6-8/h4-6H,7H2,1-3H3,(H,12,13). The molecule has 6 heteroatoms. The molecule has 1 aromatic heterocycles. The summed E-state index contributed by atoms with van der Waals surface area (Å²) >= 11 is 5.66. The van der Waals surface area contributed by atoms with Crippen LogP contribution in [0, 0.1) is 5.41 Å². The average molecular weight is 263 g/mol. The summed E-state index contributed by atoms with van der Waals surface area (Å²) in [6.07, 6.45) is 1.46. The summed E-state index contributed by atoms with van der Waals surface area (Å²) in [6.45, 7) is 5.60. The van der Waals surface area contributed by atoms with Crippen LogP contribution in [-0.4, -0.2) is 19.2 Å².